The summed E-state index contributed by atoms with van der Waals surface area (Å²) >= 11 is 5.29. The maximum atomic E-state index is 12.3. The molecule has 0 heterocycles. The van der Waals surface area contributed by atoms with E-state index in [0.717, 1.165) is 12.1 Å². The lowest BCUT2D eigenvalue weighted by Crippen LogP contribution is -2.20. The van der Waals surface area contributed by atoms with Crippen LogP contribution >= 0.6 is 11.6 Å². The van der Waals surface area contributed by atoms with Gasteiger partial charge in [-0.05, 0) is 6.07 Å². The van der Waals surface area contributed by atoms with E-state index >= 15 is 0 Å². The average Bonchev–Trinajstić information content (AvgIpc) is 2.04. The normalized spacial score (nSPS) is 12.9. The van der Waals surface area contributed by atoms with Gasteiger partial charge >= 0.3 is 13.2 Å². The Kier molecular flexibility index (Phi) is 3.47. The third-order valence-corrected chi connectivity index (χ3v) is 2.28. The third-order valence-electron chi connectivity index (χ3n) is 1.84. The van der Waals surface area contributed by atoms with Gasteiger partial charge in [-0.2, -0.15) is 13.2 Å². The van der Waals surface area contributed by atoms with Gasteiger partial charge in [-0.1, -0.05) is 35.6 Å². The maximum absolute atomic E-state index is 12.3. The van der Waals surface area contributed by atoms with Gasteiger partial charge in [-0.25, -0.2) is 0 Å². The lowest BCUT2D eigenvalue weighted by atomic mass is 9.81. The minimum Gasteiger partial charge on any atom is -0.449 e. The van der Waals surface area contributed by atoms with E-state index in [0.29, 0.717) is 6.07 Å². The summed E-state index contributed by atoms with van der Waals surface area (Å²) in [6, 6.07) is 2.49. The molecule has 0 spiro atoms. The Hall–Kier alpha value is -0.845. The molecule has 0 saturated carbocycles. The molecule has 0 fully saturated rings. The molecule has 0 aliphatic rings. The quantitative estimate of drug-likeness (QED) is 0.550. The molecule has 0 N–H and O–H groups in total. The maximum Gasteiger partial charge on any atom is 0.482 e. The van der Waals surface area contributed by atoms with Crippen molar-refractivity contribution in [1.82, 2.24) is 0 Å². The summed E-state index contributed by atoms with van der Waals surface area (Å²) in [5, 5.41) is -0.880. The van der Waals surface area contributed by atoms with Crippen LogP contribution in [0.5, 0.6) is 0 Å². The molecular weight excluding hydrogens is 256 g/mol. The van der Waals surface area contributed by atoms with Crippen LogP contribution in [0, 0.1) is 0 Å². The Morgan fingerprint density at radius 1 is 1.12 bits per heavy atom. The Morgan fingerprint density at radius 3 is 2.12 bits per heavy atom. The molecule has 1 aromatic rings. The number of alkyl halides is 3. The van der Waals surface area contributed by atoms with Gasteiger partial charge in [0.1, 0.15) is 0 Å². The van der Waals surface area contributed by atoms with E-state index < -0.39 is 35.6 Å². The van der Waals surface area contributed by atoms with Crippen molar-refractivity contribution >= 4 is 18.6 Å². The van der Waals surface area contributed by atoms with Gasteiger partial charge in [0.2, 0.25) is 0 Å². The summed E-state index contributed by atoms with van der Waals surface area (Å²) < 4.78 is 73.1. The zero-order valence-corrected chi connectivity index (χ0v) is 8.42. The molecule has 8 heteroatoms. The molecular formula is C8H5BClF6-. The molecule has 0 unspecified atom stereocenters. The van der Waals surface area contributed by atoms with Crippen molar-refractivity contribution in [2.75, 3.05) is 0 Å². The molecule has 0 radical (unpaired) electrons. The number of halogens is 7. The van der Waals surface area contributed by atoms with E-state index in [2.05, 4.69) is 0 Å². The second-order valence-electron chi connectivity index (χ2n) is 3.19. The van der Waals surface area contributed by atoms with Gasteiger partial charge in [-0.3, -0.25) is 0 Å². The average molecular weight is 261 g/mol. The SMILES string of the molecule is F[B-](F)(F)Cc1cccc(C(F)(F)F)c1Cl. The highest BCUT2D eigenvalue weighted by atomic mass is 35.5. The van der Waals surface area contributed by atoms with Gasteiger partial charge in [0, 0.05) is 0 Å². The zero-order valence-electron chi connectivity index (χ0n) is 7.66. The van der Waals surface area contributed by atoms with Gasteiger partial charge in [0.05, 0.1) is 10.6 Å². The molecule has 0 saturated heterocycles. The fraction of sp³-hybridized carbons (Fsp3) is 0.250. The van der Waals surface area contributed by atoms with Crippen LogP contribution in [0.1, 0.15) is 11.1 Å². The number of benzene rings is 1. The third kappa shape index (κ3) is 3.33. The molecule has 0 nitrogen and oxygen atoms in total. The number of hydrogen-bond acceptors (Lipinski definition) is 0. The van der Waals surface area contributed by atoms with Gasteiger partial charge in [0.15, 0.2) is 0 Å². The van der Waals surface area contributed by atoms with Crippen LogP contribution in [-0.4, -0.2) is 6.98 Å². The van der Waals surface area contributed by atoms with E-state index in [1.165, 1.54) is 0 Å². The number of rotatable bonds is 2. The minimum atomic E-state index is -5.21. The summed E-state index contributed by atoms with van der Waals surface area (Å²) in [6.45, 7) is -5.21. The molecule has 90 valence electrons. The highest BCUT2D eigenvalue weighted by Crippen LogP contribution is 2.37. The van der Waals surface area contributed by atoms with E-state index in [1.807, 2.05) is 0 Å². The molecule has 0 bridgehead atoms. The highest BCUT2D eigenvalue weighted by molar-refractivity contribution is 6.58. The first kappa shape index (κ1) is 13.2. The molecule has 0 aromatic heterocycles. The fourth-order valence-corrected chi connectivity index (χ4v) is 1.52. The first-order valence-electron chi connectivity index (χ1n) is 4.17. The second-order valence-corrected chi connectivity index (χ2v) is 3.57. The molecule has 0 aliphatic carbocycles. The van der Waals surface area contributed by atoms with Crippen molar-refractivity contribution in [1.29, 1.82) is 0 Å². The standard InChI is InChI=1S/C8H5BClF6/c10-7-5(4-9(14,15)16)2-1-3-6(7)8(11,12)13/h1-3H,4H2/q-1. The second kappa shape index (κ2) is 4.20. The van der Waals surface area contributed by atoms with Crippen molar-refractivity contribution in [3.8, 4) is 0 Å². The first-order valence-corrected chi connectivity index (χ1v) is 4.54. The largest absolute Gasteiger partial charge is 0.482 e. The van der Waals surface area contributed by atoms with Crippen molar-refractivity contribution in [3.05, 3.63) is 34.3 Å². The Labute approximate surface area is 92.3 Å². The van der Waals surface area contributed by atoms with Crippen LogP contribution < -0.4 is 0 Å². The Morgan fingerprint density at radius 2 is 1.69 bits per heavy atom. The van der Waals surface area contributed by atoms with Crippen molar-refractivity contribution < 1.29 is 26.1 Å². The van der Waals surface area contributed by atoms with Crippen molar-refractivity contribution in [3.63, 3.8) is 0 Å². The van der Waals surface area contributed by atoms with Crippen LogP contribution in [0.3, 0.4) is 0 Å². The van der Waals surface area contributed by atoms with Gasteiger partial charge in [-0.15, -0.1) is 0 Å². The fourth-order valence-electron chi connectivity index (χ4n) is 1.21. The van der Waals surface area contributed by atoms with E-state index in [-0.39, 0.29) is 0 Å². The summed E-state index contributed by atoms with van der Waals surface area (Å²) in [5.41, 5.74) is -1.80. The molecule has 0 aliphatic heterocycles. The Balaban J connectivity index is 3.15. The molecule has 0 amide bonds. The smallest absolute Gasteiger partial charge is 0.449 e. The van der Waals surface area contributed by atoms with Crippen LogP contribution in [0.25, 0.3) is 0 Å². The zero-order chi connectivity index (χ0) is 12.6. The van der Waals surface area contributed by atoms with Crippen LogP contribution in [0.15, 0.2) is 18.2 Å². The topological polar surface area (TPSA) is 0 Å². The van der Waals surface area contributed by atoms with E-state index in [1.54, 1.807) is 0 Å². The van der Waals surface area contributed by atoms with Crippen molar-refractivity contribution in [2.45, 2.75) is 12.5 Å². The summed E-state index contributed by atoms with van der Waals surface area (Å²) in [5.74, 6) is 0. The van der Waals surface area contributed by atoms with Crippen LogP contribution in [0.2, 0.25) is 5.02 Å². The Bertz CT molecular complexity index is 383. The van der Waals surface area contributed by atoms with Crippen molar-refractivity contribution in [2.24, 2.45) is 0 Å². The van der Waals surface area contributed by atoms with Crippen LogP contribution in [-0.2, 0) is 12.5 Å². The van der Waals surface area contributed by atoms with Crippen LogP contribution in [0.4, 0.5) is 26.1 Å². The van der Waals surface area contributed by atoms with E-state index in [9.17, 15) is 26.1 Å². The molecule has 1 rings (SSSR count). The summed E-state index contributed by atoms with van der Waals surface area (Å²) in [6.07, 6.45) is -6.16. The highest BCUT2D eigenvalue weighted by Gasteiger charge is 2.34. The summed E-state index contributed by atoms with van der Waals surface area (Å²) in [7, 11) is 0. The van der Waals surface area contributed by atoms with Gasteiger partial charge in [0.25, 0.3) is 0 Å². The number of hydrogen-bond donors (Lipinski definition) is 0. The lowest BCUT2D eigenvalue weighted by Gasteiger charge is -2.17. The molecule has 0 atom stereocenters. The first-order chi connectivity index (χ1) is 7.11. The van der Waals surface area contributed by atoms with Gasteiger partial charge < -0.3 is 12.9 Å². The lowest BCUT2D eigenvalue weighted by molar-refractivity contribution is -0.137. The summed E-state index contributed by atoms with van der Waals surface area (Å²) in [4.78, 5) is 0. The monoisotopic (exact) mass is 261 g/mol. The predicted octanol–water partition coefficient (Wildman–Crippen LogP) is 4.29. The molecule has 16 heavy (non-hydrogen) atoms. The van der Waals surface area contributed by atoms with E-state index in [4.69, 9.17) is 11.6 Å². The molecule has 1 aromatic carbocycles. The predicted molar refractivity (Wildman–Crippen MR) is 49.2 cm³/mol. The minimum absolute atomic E-state index is 0.552.